The first-order chi connectivity index (χ1) is 7.70. The van der Waals surface area contributed by atoms with E-state index in [1.807, 2.05) is 6.92 Å². The van der Waals surface area contributed by atoms with Gasteiger partial charge < -0.3 is 10.1 Å². The molecule has 90 valence electrons. The summed E-state index contributed by atoms with van der Waals surface area (Å²) in [5, 5.41) is 5.85. The van der Waals surface area contributed by atoms with Gasteiger partial charge in [0.2, 0.25) is 0 Å². The van der Waals surface area contributed by atoms with Gasteiger partial charge in [-0.2, -0.15) is 0 Å². The van der Waals surface area contributed by atoms with Crippen LogP contribution in [0, 0.1) is 0 Å². The Labute approximate surface area is 95.6 Å². The lowest BCUT2D eigenvalue weighted by molar-refractivity contribution is -0.123. The number of nitrogens with one attached hydrogen (secondary N) is 2. The number of hydrogen-bond acceptors (Lipinski definition) is 3. The van der Waals surface area contributed by atoms with E-state index in [9.17, 15) is 4.79 Å². The third-order valence-corrected chi connectivity index (χ3v) is 2.95. The highest BCUT2D eigenvalue weighted by atomic mass is 16.5. The number of carbonyl (C=O) groups excluding carboxylic acids is 1. The van der Waals surface area contributed by atoms with Crippen molar-refractivity contribution in [1.29, 1.82) is 0 Å². The van der Waals surface area contributed by atoms with Gasteiger partial charge in [-0.25, -0.2) is 0 Å². The maximum absolute atomic E-state index is 11.7. The van der Waals surface area contributed by atoms with Crippen LogP contribution in [0.3, 0.4) is 0 Å². The highest BCUT2D eigenvalue weighted by molar-refractivity contribution is 6.06. The molecule has 0 saturated carbocycles. The monoisotopic (exact) mass is 225 g/mol. The van der Waals surface area contributed by atoms with Crippen molar-refractivity contribution in [1.82, 2.24) is 10.6 Å². The lowest BCUT2D eigenvalue weighted by Crippen LogP contribution is -2.40. The molecule has 5 heteroatoms. The highest BCUT2D eigenvalue weighted by Crippen LogP contribution is 2.22. The first-order valence-electron chi connectivity index (χ1n) is 5.98. The molecule has 2 saturated heterocycles. The van der Waals surface area contributed by atoms with Crippen LogP contribution in [0.2, 0.25) is 0 Å². The minimum atomic E-state index is -0.263. The summed E-state index contributed by atoms with van der Waals surface area (Å²) in [6.07, 6.45) is 3.19. The minimum Gasteiger partial charge on any atom is -0.373 e. The standard InChI is InChI=1S/C11H19N3O2/c1-3-6-12-11-13-9(10(15)14-11)8-5-4-7(2)16-8/h7-9H,3-6H2,1-2H3,(H2,12,13,14,15). The van der Waals surface area contributed by atoms with E-state index in [-0.39, 0.29) is 24.2 Å². The number of carbonyl (C=O) groups is 1. The number of guanidine groups is 1. The molecule has 2 N–H and O–H groups in total. The fraction of sp³-hybridized carbons (Fsp3) is 0.818. The normalized spacial score (nSPS) is 36.5. The van der Waals surface area contributed by atoms with E-state index >= 15 is 0 Å². The Morgan fingerprint density at radius 2 is 2.31 bits per heavy atom. The maximum atomic E-state index is 11.7. The third kappa shape index (κ3) is 2.35. The Bertz CT molecular complexity index is 304. The van der Waals surface area contributed by atoms with E-state index in [1.54, 1.807) is 0 Å². The molecular formula is C11H19N3O2. The summed E-state index contributed by atoms with van der Waals surface area (Å²) in [4.78, 5) is 16.0. The first-order valence-corrected chi connectivity index (χ1v) is 5.98. The number of ether oxygens (including phenoxy) is 1. The fourth-order valence-electron chi connectivity index (χ4n) is 2.09. The molecule has 2 rings (SSSR count). The Morgan fingerprint density at radius 3 is 2.94 bits per heavy atom. The zero-order chi connectivity index (χ0) is 11.5. The van der Waals surface area contributed by atoms with Crippen LogP contribution >= 0.6 is 0 Å². The molecule has 2 heterocycles. The maximum Gasteiger partial charge on any atom is 0.251 e. The van der Waals surface area contributed by atoms with Crippen LogP contribution in [-0.4, -0.2) is 36.7 Å². The Balaban J connectivity index is 1.94. The molecule has 0 aromatic rings. The van der Waals surface area contributed by atoms with Crippen LogP contribution in [0.25, 0.3) is 0 Å². The molecule has 2 aliphatic rings. The molecular weight excluding hydrogens is 206 g/mol. The topological polar surface area (TPSA) is 62.7 Å². The van der Waals surface area contributed by atoms with Crippen LogP contribution in [0.1, 0.15) is 33.1 Å². The van der Waals surface area contributed by atoms with E-state index in [0.29, 0.717) is 5.96 Å². The zero-order valence-corrected chi connectivity index (χ0v) is 9.82. The molecule has 2 fully saturated rings. The second-order valence-corrected chi connectivity index (χ2v) is 4.40. The Kier molecular flexibility index (Phi) is 3.43. The van der Waals surface area contributed by atoms with Gasteiger partial charge in [0.25, 0.3) is 5.91 Å². The van der Waals surface area contributed by atoms with Crippen molar-refractivity contribution in [2.24, 2.45) is 4.99 Å². The molecule has 3 atom stereocenters. The molecule has 0 radical (unpaired) electrons. The summed E-state index contributed by atoms with van der Waals surface area (Å²) >= 11 is 0. The fourth-order valence-corrected chi connectivity index (χ4v) is 2.09. The van der Waals surface area contributed by atoms with Crippen molar-refractivity contribution in [2.75, 3.05) is 6.54 Å². The number of amides is 1. The van der Waals surface area contributed by atoms with Gasteiger partial charge in [0.15, 0.2) is 5.96 Å². The zero-order valence-electron chi connectivity index (χ0n) is 9.82. The molecule has 0 bridgehead atoms. The van der Waals surface area contributed by atoms with Crippen LogP contribution in [0.5, 0.6) is 0 Å². The number of aliphatic imine (C=N–C) groups is 1. The quantitative estimate of drug-likeness (QED) is 0.731. The number of nitrogens with zero attached hydrogens (tertiary/aromatic N) is 1. The molecule has 16 heavy (non-hydrogen) atoms. The van der Waals surface area contributed by atoms with Gasteiger partial charge in [0.05, 0.1) is 12.2 Å². The second kappa shape index (κ2) is 4.82. The number of hydrogen-bond donors (Lipinski definition) is 2. The molecule has 3 unspecified atom stereocenters. The third-order valence-electron chi connectivity index (χ3n) is 2.95. The highest BCUT2D eigenvalue weighted by Gasteiger charge is 2.39. The van der Waals surface area contributed by atoms with Crippen molar-refractivity contribution < 1.29 is 9.53 Å². The van der Waals surface area contributed by atoms with Crippen molar-refractivity contribution in [2.45, 2.75) is 51.4 Å². The summed E-state index contributed by atoms with van der Waals surface area (Å²) in [5.41, 5.74) is 0. The van der Waals surface area contributed by atoms with Crippen LogP contribution < -0.4 is 10.6 Å². The van der Waals surface area contributed by atoms with E-state index in [2.05, 4.69) is 22.5 Å². The summed E-state index contributed by atoms with van der Waals surface area (Å²) in [6, 6.07) is -0.263. The van der Waals surface area contributed by atoms with E-state index in [0.717, 1.165) is 25.8 Å². The van der Waals surface area contributed by atoms with Crippen LogP contribution in [0.15, 0.2) is 4.99 Å². The van der Waals surface area contributed by atoms with Gasteiger partial charge >= 0.3 is 0 Å². The molecule has 0 aliphatic carbocycles. The predicted molar refractivity (Wildman–Crippen MR) is 61.2 cm³/mol. The summed E-state index contributed by atoms with van der Waals surface area (Å²) in [5.74, 6) is 0.578. The molecule has 0 aromatic heterocycles. The minimum absolute atomic E-state index is 0.00988. The lowest BCUT2D eigenvalue weighted by atomic mass is 10.1. The van der Waals surface area contributed by atoms with Gasteiger partial charge in [0.1, 0.15) is 6.04 Å². The summed E-state index contributed by atoms with van der Waals surface area (Å²) in [6.45, 7) is 4.83. The van der Waals surface area contributed by atoms with E-state index in [1.165, 1.54) is 0 Å². The molecule has 0 aromatic carbocycles. The van der Waals surface area contributed by atoms with Crippen molar-refractivity contribution >= 4 is 11.9 Å². The summed E-state index contributed by atoms with van der Waals surface area (Å²) < 4.78 is 5.69. The molecule has 1 amide bonds. The Hall–Kier alpha value is -1.10. The Morgan fingerprint density at radius 1 is 1.50 bits per heavy atom. The van der Waals surface area contributed by atoms with Gasteiger partial charge in [-0.15, -0.1) is 0 Å². The van der Waals surface area contributed by atoms with Gasteiger partial charge in [0, 0.05) is 6.54 Å². The average Bonchev–Trinajstić information content (AvgIpc) is 2.82. The predicted octanol–water partition coefficient (Wildman–Crippen LogP) is 0.408. The van der Waals surface area contributed by atoms with Gasteiger partial charge in [-0.3, -0.25) is 15.1 Å². The molecule has 2 aliphatic heterocycles. The SMILES string of the molecule is CCCN=C1NC(=O)C(C2CCC(C)O2)N1. The first kappa shape index (κ1) is 11.4. The average molecular weight is 225 g/mol. The molecule has 0 spiro atoms. The van der Waals surface area contributed by atoms with Crippen LogP contribution in [0.4, 0.5) is 0 Å². The van der Waals surface area contributed by atoms with Crippen molar-refractivity contribution in [3.05, 3.63) is 0 Å². The second-order valence-electron chi connectivity index (χ2n) is 4.40. The van der Waals surface area contributed by atoms with E-state index < -0.39 is 0 Å². The van der Waals surface area contributed by atoms with Crippen molar-refractivity contribution in [3.8, 4) is 0 Å². The van der Waals surface area contributed by atoms with Gasteiger partial charge in [-0.1, -0.05) is 6.92 Å². The van der Waals surface area contributed by atoms with Gasteiger partial charge in [-0.05, 0) is 26.2 Å². The summed E-state index contributed by atoms with van der Waals surface area (Å²) in [7, 11) is 0. The van der Waals surface area contributed by atoms with E-state index in [4.69, 9.17) is 4.74 Å². The largest absolute Gasteiger partial charge is 0.373 e. The van der Waals surface area contributed by atoms with Crippen LogP contribution in [-0.2, 0) is 9.53 Å². The lowest BCUT2D eigenvalue weighted by Gasteiger charge is -2.16. The number of rotatable bonds is 3. The smallest absolute Gasteiger partial charge is 0.251 e. The van der Waals surface area contributed by atoms with Crippen molar-refractivity contribution in [3.63, 3.8) is 0 Å². The molecule has 5 nitrogen and oxygen atoms in total.